The van der Waals surface area contributed by atoms with Crippen LogP contribution in [0.25, 0.3) is 0 Å². The Hall–Kier alpha value is -3.40. The van der Waals surface area contributed by atoms with Gasteiger partial charge in [0.05, 0.1) is 18.7 Å². The predicted octanol–water partition coefficient (Wildman–Crippen LogP) is 6.53. The van der Waals surface area contributed by atoms with Crippen LogP contribution in [0.4, 0.5) is 0 Å². The fourth-order valence-electron chi connectivity index (χ4n) is 8.12. The molecule has 50 heavy (non-hydrogen) atoms. The average molecular weight is 714 g/mol. The molecule has 0 bridgehead atoms. The molecule has 0 spiro atoms. The maximum atomic E-state index is 9.95. The van der Waals surface area contributed by atoms with Gasteiger partial charge in [-0.2, -0.15) is 0 Å². The minimum absolute atomic E-state index is 0.269. The van der Waals surface area contributed by atoms with Crippen molar-refractivity contribution < 1.29 is 9.84 Å². The van der Waals surface area contributed by atoms with E-state index in [2.05, 4.69) is 105 Å². The normalized spacial score (nSPS) is 21.8. The minimum atomic E-state index is 0.269. The van der Waals surface area contributed by atoms with Crippen molar-refractivity contribution in [3.8, 4) is 11.5 Å². The number of hydrogen-bond acceptors (Lipinski definition) is 5. The molecular weight excluding hydrogens is 659 g/mol. The Kier molecular flexibility index (Phi) is 12.5. The van der Waals surface area contributed by atoms with Crippen LogP contribution in [0, 0.1) is 5.92 Å². The zero-order valence-corrected chi connectivity index (χ0v) is 31.7. The first-order valence-electron chi connectivity index (χ1n) is 18.7. The summed E-state index contributed by atoms with van der Waals surface area (Å²) >= 11 is 12.3. The summed E-state index contributed by atoms with van der Waals surface area (Å²) in [5, 5.41) is 15.3. The molecule has 3 aromatic rings. The van der Waals surface area contributed by atoms with Crippen LogP contribution in [-0.4, -0.2) is 105 Å². The third kappa shape index (κ3) is 9.28. The highest BCUT2D eigenvalue weighted by Crippen LogP contribution is 2.29. The lowest BCUT2D eigenvalue weighted by atomic mass is 10.0. The number of nitrogens with one attached hydrogen (secondary N) is 1. The second-order valence-electron chi connectivity index (χ2n) is 14.7. The first kappa shape index (κ1) is 36.4. The van der Waals surface area contributed by atoms with Gasteiger partial charge in [0.15, 0.2) is 10.2 Å². The van der Waals surface area contributed by atoms with E-state index < -0.39 is 0 Å². The molecule has 3 aliphatic heterocycles. The summed E-state index contributed by atoms with van der Waals surface area (Å²) in [6.07, 6.45) is 6.34. The highest BCUT2D eigenvalue weighted by molar-refractivity contribution is 7.80. The van der Waals surface area contributed by atoms with E-state index in [1.807, 2.05) is 6.92 Å². The van der Waals surface area contributed by atoms with Crippen molar-refractivity contribution in [2.75, 3.05) is 45.9 Å². The van der Waals surface area contributed by atoms with E-state index in [-0.39, 0.29) is 6.04 Å². The lowest BCUT2D eigenvalue weighted by molar-refractivity contribution is 0.149. The molecule has 268 valence electrons. The lowest BCUT2D eigenvalue weighted by Crippen LogP contribution is -2.51. The minimum Gasteiger partial charge on any atom is -0.508 e. The molecule has 0 aromatic heterocycles. The smallest absolute Gasteiger partial charge is 0.172 e. The monoisotopic (exact) mass is 713 g/mol. The largest absolute Gasteiger partial charge is 0.508 e. The van der Waals surface area contributed by atoms with E-state index in [0.29, 0.717) is 36.4 Å². The summed E-state index contributed by atoms with van der Waals surface area (Å²) in [6, 6.07) is 28.5. The van der Waals surface area contributed by atoms with E-state index >= 15 is 0 Å². The molecule has 7 nitrogen and oxygen atoms in total. The molecule has 3 fully saturated rings. The van der Waals surface area contributed by atoms with Crippen molar-refractivity contribution >= 4 is 34.7 Å². The number of phenols is 1. The Morgan fingerprint density at radius 1 is 0.860 bits per heavy atom. The van der Waals surface area contributed by atoms with E-state index in [1.165, 1.54) is 29.5 Å². The number of hydrogen-bond donors (Lipinski definition) is 2. The number of rotatable bonds is 16. The molecule has 4 atom stereocenters. The average Bonchev–Trinajstić information content (AvgIpc) is 3.79. The summed E-state index contributed by atoms with van der Waals surface area (Å²) in [4.78, 5) is 10.3. The summed E-state index contributed by atoms with van der Waals surface area (Å²) in [7, 11) is 0. The van der Waals surface area contributed by atoms with Gasteiger partial charge in [0, 0.05) is 44.8 Å². The summed E-state index contributed by atoms with van der Waals surface area (Å²) in [5.74, 6) is 1.78. The Morgan fingerprint density at radius 2 is 1.56 bits per heavy atom. The third-order valence-electron chi connectivity index (χ3n) is 10.7. The number of benzene rings is 3. The molecular formula is C41H55N5O2S2. The van der Waals surface area contributed by atoms with Gasteiger partial charge >= 0.3 is 0 Å². The first-order chi connectivity index (χ1) is 24.3. The molecule has 0 radical (unpaired) electrons. The van der Waals surface area contributed by atoms with Crippen LogP contribution < -0.4 is 10.1 Å². The van der Waals surface area contributed by atoms with Crippen molar-refractivity contribution in [3.05, 3.63) is 95.6 Å². The molecule has 2 N–H and O–H groups in total. The molecule has 0 amide bonds. The second-order valence-corrected chi connectivity index (χ2v) is 15.5. The fraction of sp³-hybridized carbons (Fsp3) is 0.512. The van der Waals surface area contributed by atoms with Gasteiger partial charge in [0.2, 0.25) is 0 Å². The van der Waals surface area contributed by atoms with Crippen molar-refractivity contribution in [2.24, 2.45) is 5.92 Å². The molecule has 0 aliphatic carbocycles. The van der Waals surface area contributed by atoms with Gasteiger partial charge in [0.25, 0.3) is 0 Å². The standard InChI is InChI=1S/C41H55N5O2S2/c1-4-48-39-18-14-31(15-19-39)20-22-44-37(25-33-12-16-38(47)17-13-33)29-46(41(44)50)36(23-30(2)3)27-43-21-8-11-34(43)28-45-35(26-42-40(45)49)24-32-9-6-5-7-10-32/h5-7,9-10,12-19,30,34-37,47H,4,8,11,20-29H2,1-3H3,(H,42,49)/t34-,35+,36+,37+/m1/s1. The maximum absolute atomic E-state index is 9.95. The number of ether oxygens (including phenoxy) is 1. The van der Waals surface area contributed by atoms with E-state index in [1.54, 1.807) is 12.1 Å². The van der Waals surface area contributed by atoms with Crippen molar-refractivity contribution in [1.29, 1.82) is 0 Å². The van der Waals surface area contributed by atoms with Crippen LogP contribution in [0.3, 0.4) is 0 Å². The number of thiocarbonyl (C=S) groups is 2. The molecule has 3 aromatic carbocycles. The van der Waals surface area contributed by atoms with E-state index in [4.69, 9.17) is 29.2 Å². The van der Waals surface area contributed by atoms with Crippen LogP contribution in [0.5, 0.6) is 11.5 Å². The summed E-state index contributed by atoms with van der Waals surface area (Å²) in [5.41, 5.74) is 3.88. The van der Waals surface area contributed by atoms with Gasteiger partial charge in [-0.3, -0.25) is 4.90 Å². The number of nitrogens with zero attached hydrogens (tertiary/aromatic N) is 4. The highest BCUT2D eigenvalue weighted by Gasteiger charge is 2.40. The second kappa shape index (κ2) is 17.2. The Labute approximate surface area is 310 Å². The molecule has 0 saturated carbocycles. The van der Waals surface area contributed by atoms with Crippen molar-refractivity contribution in [2.45, 2.75) is 83.5 Å². The van der Waals surface area contributed by atoms with Crippen LogP contribution in [-0.2, 0) is 19.3 Å². The topological polar surface area (TPSA) is 54.5 Å². The van der Waals surface area contributed by atoms with E-state index in [9.17, 15) is 5.11 Å². The molecule has 3 heterocycles. The predicted molar refractivity (Wildman–Crippen MR) is 212 cm³/mol. The Morgan fingerprint density at radius 3 is 2.28 bits per heavy atom. The number of aromatic hydroxyl groups is 1. The lowest BCUT2D eigenvalue weighted by Gasteiger charge is -2.38. The van der Waals surface area contributed by atoms with Gasteiger partial charge in [0.1, 0.15) is 11.5 Å². The summed E-state index contributed by atoms with van der Waals surface area (Å²) in [6.45, 7) is 13.2. The van der Waals surface area contributed by atoms with Gasteiger partial charge < -0.3 is 29.9 Å². The first-order valence-corrected chi connectivity index (χ1v) is 19.5. The van der Waals surface area contributed by atoms with Crippen molar-refractivity contribution in [1.82, 2.24) is 24.9 Å². The number of phenolic OH excluding ortho intramolecular Hbond substituents is 1. The molecule has 0 unspecified atom stereocenters. The summed E-state index contributed by atoms with van der Waals surface area (Å²) < 4.78 is 5.68. The van der Waals surface area contributed by atoms with Gasteiger partial charge in [-0.1, -0.05) is 68.4 Å². The Balaban J connectivity index is 1.16. The van der Waals surface area contributed by atoms with Crippen LogP contribution in [0.2, 0.25) is 0 Å². The quantitative estimate of drug-likeness (QED) is 0.162. The van der Waals surface area contributed by atoms with Crippen LogP contribution in [0.15, 0.2) is 78.9 Å². The molecule has 6 rings (SSSR count). The molecule has 3 aliphatic rings. The van der Waals surface area contributed by atoms with Gasteiger partial charge in [-0.25, -0.2) is 0 Å². The maximum Gasteiger partial charge on any atom is 0.172 e. The molecule has 9 heteroatoms. The van der Waals surface area contributed by atoms with Crippen LogP contribution >= 0.6 is 24.4 Å². The third-order valence-corrected chi connectivity index (χ3v) is 11.5. The fourth-order valence-corrected chi connectivity index (χ4v) is 8.89. The zero-order valence-electron chi connectivity index (χ0n) is 30.0. The highest BCUT2D eigenvalue weighted by atomic mass is 32.1. The van der Waals surface area contributed by atoms with Crippen LogP contribution in [0.1, 0.15) is 56.7 Å². The van der Waals surface area contributed by atoms with Gasteiger partial charge in [-0.05, 0) is 123 Å². The Bertz CT molecular complexity index is 1540. The SMILES string of the molecule is CCOc1ccc(CCN2C(=S)N([C@@H](CC(C)C)CN3CCC[C@@H]3CN3C(=S)NC[C@@H]3Cc3ccccc3)C[C@@H]2Cc2ccc(O)cc2)cc1. The van der Waals surface area contributed by atoms with Gasteiger partial charge in [-0.15, -0.1) is 0 Å². The number of likely N-dealkylation sites (tertiary alicyclic amines) is 1. The van der Waals surface area contributed by atoms with Crippen molar-refractivity contribution in [3.63, 3.8) is 0 Å². The van der Waals surface area contributed by atoms with E-state index in [0.717, 1.165) is 80.9 Å². The molecule has 3 saturated heterocycles. The zero-order chi connectivity index (χ0) is 35.0.